The predicted molar refractivity (Wildman–Crippen MR) is 115 cm³/mol. The lowest BCUT2D eigenvalue weighted by Gasteiger charge is -2.44. The molecule has 0 bridgehead atoms. The highest BCUT2D eigenvalue weighted by atomic mass is 35.5. The van der Waals surface area contributed by atoms with E-state index in [0.29, 0.717) is 22.6 Å². The molecule has 9 heteroatoms. The highest BCUT2D eigenvalue weighted by Gasteiger charge is 2.51. The first-order chi connectivity index (χ1) is 14.8. The number of aliphatic hydroxyl groups excluding tert-OH is 3. The third-order valence-electron chi connectivity index (χ3n) is 5.53. The van der Waals surface area contributed by atoms with Crippen molar-refractivity contribution in [2.24, 2.45) is 0 Å². The van der Waals surface area contributed by atoms with Crippen molar-refractivity contribution in [3.63, 3.8) is 0 Å². The average molecular weight is 466 g/mol. The molecule has 1 saturated heterocycles. The van der Waals surface area contributed by atoms with Gasteiger partial charge in [0.2, 0.25) is 0 Å². The molecule has 0 spiro atoms. The Morgan fingerprint density at radius 2 is 2.03 bits per heavy atom. The number of aromatic nitrogens is 1. The van der Waals surface area contributed by atoms with Crippen molar-refractivity contribution in [3.05, 3.63) is 75.6 Å². The van der Waals surface area contributed by atoms with Gasteiger partial charge in [-0.15, -0.1) is 11.3 Å². The minimum Gasteiger partial charge on any atom is -0.394 e. The molecule has 4 atom stereocenters. The molecular weight excluding hydrogens is 445 g/mol. The lowest BCUT2D eigenvalue weighted by Crippen LogP contribution is -2.61. The lowest BCUT2D eigenvalue weighted by molar-refractivity contribution is -0.253. The van der Waals surface area contributed by atoms with Gasteiger partial charge in [-0.25, -0.2) is 4.39 Å². The number of pyridine rings is 1. The summed E-state index contributed by atoms with van der Waals surface area (Å²) in [6.45, 7) is -0.735. The molecule has 0 amide bonds. The standard InChI is InChI=1S/C22H21ClFNO5S/c23-16-3-1-13(22(29)20(27)11-30-18(10-26)21(22)28)7-12(16)8-14-2-4-19(31-14)15-9-25-6-5-17(15)24/h1-7,9,18,20-21,26-29H,8,10-11H2/t18-,20+,21-,22+/m1/s1. The highest BCUT2D eigenvalue weighted by Crippen LogP contribution is 2.38. The van der Waals surface area contributed by atoms with Crippen LogP contribution in [0.25, 0.3) is 10.4 Å². The van der Waals surface area contributed by atoms with E-state index >= 15 is 0 Å². The molecule has 31 heavy (non-hydrogen) atoms. The van der Waals surface area contributed by atoms with Crippen molar-refractivity contribution < 1.29 is 29.6 Å². The molecule has 0 saturated carbocycles. The number of halogens is 2. The molecule has 164 valence electrons. The molecule has 3 heterocycles. The van der Waals surface area contributed by atoms with E-state index in [4.69, 9.17) is 16.3 Å². The quantitative estimate of drug-likeness (QED) is 0.461. The number of benzene rings is 1. The van der Waals surface area contributed by atoms with Crippen molar-refractivity contribution >= 4 is 22.9 Å². The molecule has 1 fully saturated rings. The summed E-state index contributed by atoms with van der Waals surface area (Å²) in [4.78, 5) is 5.61. The van der Waals surface area contributed by atoms with Crippen molar-refractivity contribution in [2.45, 2.75) is 30.3 Å². The number of hydrogen-bond donors (Lipinski definition) is 4. The van der Waals surface area contributed by atoms with Gasteiger partial charge in [-0.3, -0.25) is 4.98 Å². The normalized spacial score (nSPS) is 26.2. The summed E-state index contributed by atoms with van der Waals surface area (Å²) >= 11 is 7.77. The van der Waals surface area contributed by atoms with Crippen LogP contribution in [0.2, 0.25) is 5.02 Å². The second-order valence-corrected chi connectivity index (χ2v) is 9.02. The van der Waals surface area contributed by atoms with Crippen LogP contribution >= 0.6 is 22.9 Å². The monoisotopic (exact) mass is 465 g/mol. The third-order valence-corrected chi connectivity index (χ3v) is 7.01. The van der Waals surface area contributed by atoms with Crippen LogP contribution in [0, 0.1) is 5.82 Å². The molecule has 0 aliphatic carbocycles. The summed E-state index contributed by atoms with van der Waals surface area (Å²) in [7, 11) is 0. The van der Waals surface area contributed by atoms with E-state index in [1.807, 2.05) is 12.1 Å². The van der Waals surface area contributed by atoms with Crippen molar-refractivity contribution in [1.82, 2.24) is 4.98 Å². The number of ether oxygens (including phenoxy) is 1. The lowest BCUT2D eigenvalue weighted by atomic mass is 9.78. The Kier molecular flexibility index (Phi) is 6.41. The second kappa shape index (κ2) is 8.91. The summed E-state index contributed by atoms with van der Waals surface area (Å²) in [5.74, 6) is -0.355. The van der Waals surface area contributed by atoms with Crippen LogP contribution in [0.4, 0.5) is 4.39 Å². The highest BCUT2D eigenvalue weighted by molar-refractivity contribution is 7.15. The Bertz CT molecular complexity index is 1080. The molecule has 1 aromatic carbocycles. The van der Waals surface area contributed by atoms with Crippen LogP contribution in [0.15, 0.2) is 48.8 Å². The zero-order valence-electron chi connectivity index (χ0n) is 16.3. The van der Waals surface area contributed by atoms with Gasteiger partial charge in [0.05, 0.1) is 13.2 Å². The summed E-state index contributed by atoms with van der Waals surface area (Å²) in [5.41, 5.74) is -0.677. The Balaban J connectivity index is 1.64. The van der Waals surface area contributed by atoms with Crippen molar-refractivity contribution in [3.8, 4) is 10.4 Å². The summed E-state index contributed by atoms with van der Waals surface area (Å²) in [6, 6.07) is 9.72. The van der Waals surface area contributed by atoms with E-state index in [0.717, 1.165) is 9.75 Å². The Morgan fingerprint density at radius 3 is 2.77 bits per heavy atom. The minimum atomic E-state index is -2.02. The first kappa shape index (κ1) is 22.3. The van der Waals surface area contributed by atoms with E-state index in [1.165, 1.54) is 35.9 Å². The molecule has 1 aliphatic rings. The molecule has 0 unspecified atom stereocenters. The molecule has 2 aromatic heterocycles. The first-order valence-electron chi connectivity index (χ1n) is 9.63. The van der Waals surface area contributed by atoms with Gasteiger partial charge < -0.3 is 25.2 Å². The van der Waals surface area contributed by atoms with Gasteiger partial charge in [-0.1, -0.05) is 23.7 Å². The van der Waals surface area contributed by atoms with Crippen molar-refractivity contribution in [1.29, 1.82) is 0 Å². The molecule has 1 aliphatic heterocycles. The summed E-state index contributed by atoms with van der Waals surface area (Å²) in [6.07, 6.45) is -0.676. The predicted octanol–water partition coefficient (Wildman–Crippen LogP) is 2.49. The molecular formula is C22H21ClFNO5S. The fourth-order valence-electron chi connectivity index (χ4n) is 3.75. The van der Waals surface area contributed by atoms with Gasteiger partial charge in [0.15, 0.2) is 0 Å². The van der Waals surface area contributed by atoms with E-state index in [1.54, 1.807) is 12.1 Å². The maximum atomic E-state index is 14.1. The molecule has 0 radical (unpaired) electrons. The van der Waals surface area contributed by atoms with Crippen LogP contribution in [0.1, 0.15) is 16.0 Å². The van der Waals surface area contributed by atoms with E-state index in [-0.39, 0.29) is 18.0 Å². The van der Waals surface area contributed by atoms with Crippen LogP contribution < -0.4 is 0 Å². The zero-order valence-corrected chi connectivity index (χ0v) is 17.9. The number of rotatable bonds is 5. The average Bonchev–Trinajstić information content (AvgIpc) is 3.22. The van der Waals surface area contributed by atoms with Gasteiger partial charge in [0, 0.05) is 39.2 Å². The smallest absolute Gasteiger partial charge is 0.146 e. The van der Waals surface area contributed by atoms with Crippen LogP contribution in [-0.2, 0) is 16.8 Å². The molecule has 6 nitrogen and oxygen atoms in total. The van der Waals surface area contributed by atoms with Crippen LogP contribution in [-0.4, -0.2) is 56.9 Å². The van der Waals surface area contributed by atoms with E-state index in [9.17, 15) is 24.8 Å². The van der Waals surface area contributed by atoms with Gasteiger partial charge in [0.1, 0.15) is 29.7 Å². The topological polar surface area (TPSA) is 103 Å². The largest absolute Gasteiger partial charge is 0.394 e. The minimum absolute atomic E-state index is 0.234. The number of aliphatic hydroxyl groups is 4. The third kappa shape index (κ3) is 4.12. The van der Waals surface area contributed by atoms with E-state index < -0.39 is 30.5 Å². The molecule has 4 N–H and O–H groups in total. The Morgan fingerprint density at radius 1 is 1.23 bits per heavy atom. The first-order valence-corrected chi connectivity index (χ1v) is 10.8. The van der Waals surface area contributed by atoms with E-state index in [2.05, 4.69) is 4.98 Å². The number of hydrogen-bond acceptors (Lipinski definition) is 7. The SMILES string of the molecule is OC[C@H]1OC[C@H](O)[C@@](O)(c2ccc(Cl)c(Cc3ccc(-c4cnccc4F)s3)c2)[C@@H]1O. The zero-order chi connectivity index (χ0) is 22.2. The summed E-state index contributed by atoms with van der Waals surface area (Å²) in [5, 5.41) is 42.0. The summed E-state index contributed by atoms with van der Waals surface area (Å²) < 4.78 is 19.3. The molecule has 4 rings (SSSR count). The van der Waals surface area contributed by atoms with Crippen LogP contribution in [0.3, 0.4) is 0 Å². The van der Waals surface area contributed by atoms with Crippen LogP contribution in [0.5, 0.6) is 0 Å². The maximum absolute atomic E-state index is 14.1. The Labute approximate surface area is 187 Å². The number of nitrogens with zero attached hydrogens (tertiary/aromatic N) is 1. The van der Waals surface area contributed by atoms with Crippen molar-refractivity contribution in [2.75, 3.05) is 13.2 Å². The van der Waals surface area contributed by atoms with Gasteiger partial charge in [-0.05, 0) is 35.4 Å². The van der Waals surface area contributed by atoms with Gasteiger partial charge >= 0.3 is 0 Å². The maximum Gasteiger partial charge on any atom is 0.146 e. The van der Waals surface area contributed by atoms with Gasteiger partial charge in [0.25, 0.3) is 0 Å². The fraction of sp³-hybridized carbons (Fsp3) is 0.318. The molecule has 3 aromatic rings. The van der Waals surface area contributed by atoms with Gasteiger partial charge in [-0.2, -0.15) is 0 Å². The second-order valence-electron chi connectivity index (χ2n) is 7.44. The Hall–Kier alpha value is -1.91. The number of thiophene rings is 1. The fourth-order valence-corrected chi connectivity index (χ4v) is 4.98.